The summed E-state index contributed by atoms with van der Waals surface area (Å²) in [6.07, 6.45) is 3.84. The predicted octanol–water partition coefficient (Wildman–Crippen LogP) is 2.92. The van der Waals surface area contributed by atoms with Crippen LogP contribution in [0.5, 0.6) is 0 Å². The maximum atomic E-state index is 5.42. The Labute approximate surface area is 160 Å². The zero-order valence-electron chi connectivity index (χ0n) is 15.6. The van der Waals surface area contributed by atoms with E-state index >= 15 is 0 Å². The number of nitrogens with zero attached hydrogens (tertiary/aromatic N) is 4. The molecule has 142 valence electrons. The van der Waals surface area contributed by atoms with Crippen molar-refractivity contribution < 1.29 is 4.74 Å². The Morgan fingerprint density at radius 2 is 1.65 bits per heavy atom. The smallest absolute Gasteiger partial charge is 0.186 e. The highest BCUT2D eigenvalue weighted by Crippen LogP contribution is 2.29. The summed E-state index contributed by atoms with van der Waals surface area (Å²) in [5.41, 5.74) is 1.14. The molecule has 0 N–H and O–H groups in total. The van der Waals surface area contributed by atoms with Crippen LogP contribution in [0.2, 0.25) is 0 Å². The molecule has 2 saturated heterocycles. The molecule has 0 spiro atoms. The van der Waals surface area contributed by atoms with Crippen molar-refractivity contribution in [2.45, 2.75) is 19.3 Å². The molecule has 5 nitrogen and oxygen atoms in total. The van der Waals surface area contributed by atoms with E-state index in [1.807, 2.05) is 11.3 Å². The third kappa shape index (κ3) is 4.74. The second-order valence-corrected chi connectivity index (χ2v) is 8.32. The predicted molar refractivity (Wildman–Crippen MR) is 109 cm³/mol. The second-order valence-electron chi connectivity index (χ2n) is 7.31. The molecule has 2 aliphatic rings. The largest absolute Gasteiger partial charge is 0.379 e. The number of unbranched alkanes of at least 4 members (excludes halogenated alkanes) is 1. The van der Waals surface area contributed by atoms with E-state index in [1.54, 1.807) is 0 Å². The number of hydrogen-bond acceptors (Lipinski definition) is 6. The van der Waals surface area contributed by atoms with E-state index in [-0.39, 0.29) is 0 Å². The molecule has 0 saturated carbocycles. The van der Waals surface area contributed by atoms with Crippen molar-refractivity contribution in [3.63, 3.8) is 0 Å². The van der Waals surface area contributed by atoms with Crippen LogP contribution in [-0.2, 0) is 4.74 Å². The van der Waals surface area contributed by atoms with Gasteiger partial charge in [0.25, 0.3) is 0 Å². The number of hydrogen-bond donors (Lipinski definition) is 0. The summed E-state index contributed by atoms with van der Waals surface area (Å²) in [4.78, 5) is 12.5. The highest BCUT2D eigenvalue weighted by Gasteiger charge is 2.18. The van der Waals surface area contributed by atoms with Crippen LogP contribution in [0.4, 0.5) is 5.13 Å². The van der Waals surface area contributed by atoms with Gasteiger partial charge in [-0.15, -0.1) is 0 Å². The van der Waals surface area contributed by atoms with Crippen molar-refractivity contribution in [2.24, 2.45) is 0 Å². The van der Waals surface area contributed by atoms with Gasteiger partial charge in [-0.2, -0.15) is 0 Å². The van der Waals surface area contributed by atoms with Gasteiger partial charge in [-0.25, -0.2) is 4.98 Å². The summed E-state index contributed by atoms with van der Waals surface area (Å²) in [5, 5.41) is 1.19. The topological polar surface area (TPSA) is 31.8 Å². The molecule has 0 aliphatic carbocycles. The number of para-hydroxylation sites is 1. The van der Waals surface area contributed by atoms with Crippen LogP contribution in [0, 0.1) is 0 Å². The number of rotatable bonds is 6. The Bertz CT molecular complexity index is 652. The standard InChI is InChI=1S/C20H30N4OS/c1-2-7-19-18(6-1)21-20(26-19)24-11-5-10-22(12-13-24)8-3-4-9-23-14-16-25-17-15-23/h1-2,6-7H,3-5,8-17H2. The van der Waals surface area contributed by atoms with E-state index in [0.29, 0.717) is 0 Å². The SMILES string of the molecule is c1ccc2sc(N3CCCN(CCCCN4CCOCC4)CC3)nc2c1. The van der Waals surface area contributed by atoms with Gasteiger partial charge in [-0.1, -0.05) is 23.5 Å². The van der Waals surface area contributed by atoms with Crippen LogP contribution < -0.4 is 4.90 Å². The molecule has 1 aromatic heterocycles. The average Bonchev–Trinajstić information content (AvgIpc) is 2.98. The lowest BCUT2D eigenvalue weighted by molar-refractivity contribution is 0.0369. The molecular weight excluding hydrogens is 344 g/mol. The minimum Gasteiger partial charge on any atom is -0.379 e. The normalized spacial score (nSPS) is 20.5. The van der Waals surface area contributed by atoms with Crippen molar-refractivity contribution in [3.05, 3.63) is 24.3 Å². The summed E-state index contributed by atoms with van der Waals surface area (Å²) in [7, 11) is 0. The first kappa shape index (κ1) is 18.2. The van der Waals surface area contributed by atoms with Gasteiger partial charge >= 0.3 is 0 Å². The number of benzene rings is 1. The van der Waals surface area contributed by atoms with Crippen LogP contribution in [0.3, 0.4) is 0 Å². The summed E-state index contributed by atoms with van der Waals surface area (Å²) in [6, 6.07) is 8.47. The van der Waals surface area contributed by atoms with Gasteiger partial charge in [0, 0.05) is 32.7 Å². The number of morpholine rings is 1. The highest BCUT2D eigenvalue weighted by molar-refractivity contribution is 7.22. The Morgan fingerprint density at radius 1 is 0.885 bits per heavy atom. The summed E-state index contributed by atoms with van der Waals surface area (Å²) < 4.78 is 6.72. The highest BCUT2D eigenvalue weighted by atomic mass is 32.1. The molecule has 26 heavy (non-hydrogen) atoms. The Kier molecular flexibility index (Phi) is 6.38. The molecule has 4 rings (SSSR count). The first-order valence-electron chi connectivity index (χ1n) is 10.0. The minimum absolute atomic E-state index is 0.910. The van der Waals surface area contributed by atoms with Gasteiger partial charge in [0.15, 0.2) is 5.13 Å². The zero-order chi connectivity index (χ0) is 17.6. The van der Waals surface area contributed by atoms with Gasteiger partial charge in [0.2, 0.25) is 0 Å². The van der Waals surface area contributed by atoms with Crippen LogP contribution in [-0.4, -0.2) is 80.4 Å². The number of ether oxygens (including phenoxy) is 1. The van der Waals surface area contributed by atoms with E-state index in [2.05, 4.69) is 39.0 Å². The molecule has 1 aromatic carbocycles. The molecule has 0 atom stereocenters. The van der Waals surface area contributed by atoms with Crippen molar-refractivity contribution in [1.82, 2.24) is 14.8 Å². The Hall–Kier alpha value is -1.21. The van der Waals surface area contributed by atoms with Gasteiger partial charge in [0.05, 0.1) is 23.4 Å². The van der Waals surface area contributed by atoms with Crippen molar-refractivity contribution in [1.29, 1.82) is 0 Å². The number of anilines is 1. The summed E-state index contributed by atoms with van der Waals surface area (Å²) in [5.74, 6) is 0. The van der Waals surface area contributed by atoms with Gasteiger partial charge in [0.1, 0.15) is 0 Å². The van der Waals surface area contributed by atoms with Gasteiger partial charge in [-0.05, 0) is 51.0 Å². The molecule has 0 unspecified atom stereocenters. The maximum absolute atomic E-state index is 5.42. The lowest BCUT2D eigenvalue weighted by Gasteiger charge is -2.27. The van der Waals surface area contributed by atoms with Gasteiger partial charge in [-0.3, -0.25) is 4.90 Å². The van der Waals surface area contributed by atoms with E-state index in [1.165, 1.54) is 48.7 Å². The molecule has 2 fully saturated rings. The van der Waals surface area contributed by atoms with E-state index in [4.69, 9.17) is 9.72 Å². The first-order chi connectivity index (χ1) is 12.9. The molecule has 6 heteroatoms. The quantitative estimate of drug-likeness (QED) is 0.726. The maximum Gasteiger partial charge on any atom is 0.186 e. The van der Waals surface area contributed by atoms with E-state index < -0.39 is 0 Å². The average molecular weight is 375 g/mol. The fourth-order valence-electron chi connectivity index (χ4n) is 3.88. The molecule has 0 radical (unpaired) electrons. The molecule has 0 amide bonds. The lowest BCUT2D eigenvalue weighted by atomic mass is 10.2. The zero-order valence-corrected chi connectivity index (χ0v) is 16.4. The third-order valence-corrected chi connectivity index (χ3v) is 6.54. The van der Waals surface area contributed by atoms with E-state index in [0.717, 1.165) is 51.5 Å². The number of thiazole rings is 1. The number of fused-ring (bicyclic) bond motifs is 1. The molecule has 3 heterocycles. The molecule has 2 aromatic rings. The minimum atomic E-state index is 0.910. The third-order valence-electron chi connectivity index (χ3n) is 5.44. The van der Waals surface area contributed by atoms with Gasteiger partial charge < -0.3 is 14.5 Å². The Balaban J connectivity index is 1.21. The van der Waals surface area contributed by atoms with Crippen molar-refractivity contribution in [3.8, 4) is 0 Å². The van der Waals surface area contributed by atoms with Crippen LogP contribution in [0.15, 0.2) is 24.3 Å². The Morgan fingerprint density at radius 3 is 2.46 bits per heavy atom. The lowest BCUT2D eigenvalue weighted by Crippen LogP contribution is -2.37. The van der Waals surface area contributed by atoms with Crippen LogP contribution in [0.25, 0.3) is 10.2 Å². The summed E-state index contributed by atoms with van der Waals surface area (Å²) in [6.45, 7) is 11.1. The van der Waals surface area contributed by atoms with Crippen molar-refractivity contribution in [2.75, 3.05) is 70.5 Å². The molecule has 2 aliphatic heterocycles. The van der Waals surface area contributed by atoms with Crippen LogP contribution >= 0.6 is 11.3 Å². The number of aromatic nitrogens is 1. The molecular formula is C20H30N4OS. The fourth-order valence-corrected chi connectivity index (χ4v) is 4.89. The summed E-state index contributed by atoms with van der Waals surface area (Å²) >= 11 is 1.83. The van der Waals surface area contributed by atoms with E-state index in [9.17, 15) is 0 Å². The molecule has 0 bridgehead atoms. The van der Waals surface area contributed by atoms with Crippen molar-refractivity contribution >= 4 is 26.7 Å². The first-order valence-corrected chi connectivity index (χ1v) is 10.8. The fraction of sp³-hybridized carbons (Fsp3) is 0.650. The van der Waals surface area contributed by atoms with Crippen LogP contribution in [0.1, 0.15) is 19.3 Å². The monoisotopic (exact) mass is 374 g/mol. The second kappa shape index (κ2) is 9.13.